The number of nitrogens with zero attached hydrogens (tertiary/aromatic N) is 3. The number of fused-ring (bicyclic) bond motifs is 1. The molecule has 182 valence electrons. The zero-order valence-corrected chi connectivity index (χ0v) is 18.9. The Hall–Kier alpha value is -2.82. The number of rotatable bonds is 3. The number of nitrogens with one attached hydrogen (secondary N) is 1. The topological polar surface area (TPSA) is 94.5 Å². The van der Waals surface area contributed by atoms with Crippen LogP contribution >= 0.6 is 11.6 Å². The van der Waals surface area contributed by atoms with E-state index in [-0.39, 0.29) is 40.7 Å². The van der Waals surface area contributed by atoms with Crippen molar-refractivity contribution in [2.24, 2.45) is 23.9 Å². The molecule has 1 aromatic carbocycles. The van der Waals surface area contributed by atoms with E-state index in [2.05, 4.69) is 15.4 Å². The Morgan fingerprint density at radius 2 is 1.97 bits per heavy atom. The van der Waals surface area contributed by atoms with Gasteiger partial charge in [-0.05, 0) is 55.7 Å². The van der Waals surface area contributed by atoms with Crippen LogP contribution in [0, 0.1) is 17.7 Å². The summed E-state index contributed by atoms with van der Waals surface area (Å²) < 4.78 is 59.1. The van der Waals surface area contributed by atoms with Crippen LogP contribution in [0.1, 0.15) is 47.7 Å². The number of amides is 1. The fourth-order valence-corrected chi connectivity index (χ4v) is 5.84. The molecule has 5 rings (SSSR count). The lowest BCUT2D eigenvalue weighted by Gasteiger charge is -2.25. The Labute approximate surface area is 197 Å². The van der Waals surface area contributed by atoms with Gasteiger partial charge in [0.1, 0.15) is 22.8 Å². The molecule has 1 spiro atoms. The van der Waals surface area contributed by atoms with Crippen molar-refractivity contribution < 1.29 is 27.1 Å². The second-order valence-electron chi connectivity index (χ2n) is 9.35. The number of benzene rings is 1. The average Bonchev–Trinajstić information content (AvgIpc) is 3.48. The van der Waals surface area contributed by atoms with Gasteiger partial charge in [0.25, 0.3) is 11.8 Å². The Kier molecular flexibility index (Phi) is 5.30. The molecule has 0 radical (unpaired) electrons. The number of aromatic nitrogens is 2. The highest BCUT2D eigenvalue weighted by molar-refractivity contribution is 6.31. The number of hydrogen-bond acceptors (Lipinski definition) is 5. The highest BCUT2D eigenvalue weighted by Crippen LogP contribution is 2.56. The molecule has 7 nitrogen and oxygen atoms in total. The molecule has 2 aromatic rings. The van der Waals surface area contributed by atoms with E-state index in [0.717, 1.165) is 6.07 Å². The molecule has 2 heterocycles. The van der Waals surface area contributed by atoms with Gasteiger partial charge in [-0.15, -0.1) is 0 Å². The molecular formula is C22H22ClF4N5O2. The minimum atomic E-state index is -4.58. The largest absolute Gasteiger partial charge is 0.468 e. The number of nitrogens with two attached hydrogens (primary N) is 1. The van der Waals surface area contributed by atoms with Crippen molar-refractivity contribution in [1.82, 2.24) is 9.78 Å². The number of alkyl halides is 3. The summed E-state index contributed by atoms with van der Waals surface area (Å²) in [5.74, 6) is -1.82. The first-order valence-electron chi connectivity index (χ1n) is 10.9. The van der Waals surface area contributed by atoms with Gasteiger partial charge in [0.05, 0.1) is 17.3 Å². The van der Waals surface area contributed by atoms with E-state index in [0.29, 0.717) is 37.1 Å². The number of carbonyl (C=O) groups excluding carboxylic acids is 1. The third-order valence-electron chi connectivity index (χ3n) is 7.09. The van der Waals surface area contributed by atoms with Gasteiger partial charge in [-0.3, -0.25) is 9.48 Å². The van der Waals surface area contributed by atoms with Gasteiger partial charge in [-0.25, -0.2) is 9.38 Å². The summed E-state index contributed by atoms with van der Waals surface area (Å²) in [5, 5.41) is 7.05. The molecule has 0 saturated heterocycles. The summed E-state index contributed by atoms with van der Waals surface area (Å²) in [6.45, 7) is 0.0178. The number of aliphatic imine (C=N–C) groups is 1. The van der Waals surface area contributed by atoms with E-state index >= 15 is 0 Å². The average molecular weight is 500 g/mol. The van der Waals surface area contributed by atoms with Crippen molar-refractivity contribution >= 4 is 34.9 Å². The minimum Gasteiger partial charge on any atom is -0.466 e. The predicted molar refractivity (Wildman–Crippen MR) is 117 cm³/mol. The van der Waals surface area contributed by atoms with Crippen LogP contribution in [-0.4, -0.2) is 39.9 Å². The Balaban J connectivity index is 1.32. The molecule has 2 saturated carbocycles. The zero-order valence-electron chi connectivity index (χ0n) is 18.1. The van der Waals surface area contributed by atoms with E-state index in [1.807, 2.05) is 0 Å². The molecule has 34 heavy (non-hydrogen) atoms. The zero-order chi connectivity index (χ0) is 24.4. The summed E-state index contributed by atoms with van der Waals surface area (Å²) >= 11 is 5.81. The molecular weight excluding hydrogens is 478 g/mol. The second-order valence-corrected chi connectivity index (χ2v) is 9.76. The molecule has 1 aromatic heterocycles. The van der Waals surface area contributed by atoms with Gasteiger partial charge in [0.15, 0.2) is 0 Å². The van der Waals surface area contributed by atoms with Crippen LogP contribution < -0.4 is 11.1 Å². The highest BCUT2D eigenvalue weighted by atomic mass is 35.5. The molecule has 2 aliphatic carbocycles. The van der Waals surface area contributed by atoms with E-state index in [4.69, 9.17) is 22.1 Å². The molecule has 3 N–H and O–H groups in total. The molecule has 1 aliphatic heterocycles. The number of nitrogen functional groups attached to an aromatic ring is 1. The van der Waals surface area contributed by atoms with Crippen molar-refractivity contribution in [3.63, 3.8) is 0 Å². The van der Waals surface area contributed by atoms with Gasteiger partial charge >= 0.3 is 6.18 Å². The van der Waals surface area contributed by atoms with Gasteiger partial charge in [-0.2, -0.15) is 18.3 Å². The lowest BCUT2D eigenvalue weighted by atomic mass is 9.91. The summed E-state index contributed by atoms with van der Waals surface area (Å²) in [4.78, 5) is 16.7. The third-order valence-corrected chi connectivity index (χ3v) is 7.38. The summed E-state index contributed by atoms with van der Waals surface area (Å²) in [6.07, 6.45) is -2.29. The van der Waals surface area contributed by atoms with Crippen LogP contribution in [0.3, 0.4) is 0 Å². The van der Waals surface area contributed by atoms with Crippen LogP contribution in [0.5, 0.6) is 0 Å². The highest BCUT2D eigenvalue weighted by Gasteiger charge is 2.57. The van der Waals surface area contributed by atoms with E-state index < -0.39 is 29.4 Å². The van der Waals surface area contributed by atoms with E-state index in [1.54, 1.807) is 7.05 Å². The first kappa shape index (κ1) is 22.9. The second kappa shape index (κ2) is 7.86. The normalized spacial score (nSPS) is 28.2. The number of ether oxygens (including phenoxy) is 1. The Bertz CT molecular complexity index is 1180. The number of aryl methyl sites for hydroxylation is 1. The standard InChI is InChI=1S/C22H22ClF4N5O2/c1-32-18(28)16(19(33)30-13-2-3-15(24)14(23)6-13)17(31-32)10-4-11-7-21(8-12(11)5-10)9-29-20(34-21)22(25,26)27/h2-3,6,10-12H,4-5,7-9,28H2,1H3,(H,30,33). The monoisotopic (exact) mass is 499 g/mol. The van der Waals surface area contributed by atoms with Crippen molar-refractivity contribution in [1.29, 1.82) is 0 Å². The number of halogens is 5. The first-order valence-corrected chi connectivity index (χ1v) is 11.2. The van der Waals surface area contributed by atoms with Crippen LogP contribution in [0.2, 0.25) is 5.02 Å². The molecule has 3 aliphatic rings. The molecule has 0 bridgehead atoms. The quantitative estimate of drug-likeness (QED) is 0.599. The van der Waals surface area contributed by atoms with E-state index in [1.165, 1.54) is 16.8 Å². The number of carbonyl (C=O) groups is 1. The maximum Gasteiger partial charge on any atom is 0.468 e. The van der Waals surface area contributed by atoms with Crippen LogP contribution in [0.4, 0.5) is 29.1 Å². The van der Waals surface area contributed by atoms with Crippen molar-refractivity contribution in [3.8, 4) is 0 Å². The fourth-order valence-electron chi connectivity index (χ4n) is 5.66. The lowest BCUT2D eigenvalue weighted by molar-refractivity contribution is -0.0873. The van der Waals surface area contributed by atoms with Gasteiger partial charge in [-0.1, -0.05) is 11.6 Å². The van der Waals surface area contributed by atoms with Crippen molar-refractivity contribution in [2.75, 3.05) is 17.6 Å². The van der Waals surface area contributed by atoms with Crippen LogP contribution in [0.15, 0.2) is 23.2 Å². The maximum atomic E-state index is 13.4. The predicted octanol–water partition coefficient (Wildman–Crippen LogP) is 4.68. The number of anilines is 2. The minimum absolute atomic E-state index is 0.0178. The molecule has 2 fully saturated rings. The van der Waals surface area contributed by atoms with Crippen molar-refractivity contribution in [3.05, 3.63) is 40.3 Å². The SMILES string of the molecule is Cn1nc(C2CC3CC4(CN=C(C(F)(F)F)O4)CC3C2)c(C(=O)Nc2ccc(F)c(Cl)c2)c1N. The summed E-state index contributed by atoms with van der Waals surface area (Å²) in [5.41, 5.74) is 6.37. The molecule has 1 amide bonds. The first-order chi connectivity index (χ1) is 16.0. The van der Waals surface area contributed by atoms with Gasteiger partial charge < -0.3 is 15.8 Å². The Morgan fingerprint density at radius 3 is 2.56 bits per heavy atom. The van der Waals surface area contributed by atoms with Crippen LogP contribution in [-0.2, 0) is 11.8 Å². The number of hydrogen-bond donors (Lipinski definition) is 2. The summed E-state index contributed by atoms with van der Waals surface area (Å²) in [7, 11) is 1.64. The molecule has 2 atom stereocenters. The fraction of sp³-hybridized carbons (Fsp3) is 0.500. The van der Waals surface area contributed by atoms with Gasteiger partial charge in [0.2, 0.25) is 0 Å². The summed E-state index contributed by atoms with van der Waals surface area (Å²) in [6, 6.07) is 3.85. The van der Waals surface area contributed by atoms with E-state index in [9.17, 15) is 22.4 Å². The lowest BCUT2D eigenvalue weighted by Crippen LogP contribution is -2.34. The maximum absolute atomic E-state index is 13.4. The third kappa shape index (κ3) is 3.89. The van der Waals surface area contributed by atoms with Crippen LogP contribution in [0.25, 0.3) is 0 Å². The molecule has 12 heteroatoms. The van der Waals surface area contributed by atoms with Gasteiger partial charge in [0, 0.05) is 18.7 Å². The van der Waals surface area contributed by atoms with Crippen molar-refractivity contribution in [2.45, 2.75) is 43.4 Å². The Morgan fingerprint density at radius 1 is 1.29 bits per heavy atom. The molecule has 2 unspecified atom stereocenters. The smallest absolute Gasteiger partial charge is 0.466 e.